The average Bonchev–Trinajstić information content (AvgIpc) is 2.96. The molecule has 1 unspecified atom stereocenters. The van der Waals surface area contributed by atoms with Crippen LogP contribution in [0.2, 0.25) is 0 Å². The number of likely N-dealkylation sites (tertiary alicyclic amines) is 1. The molecule has 9 nitrogen and oxygen atoms in total. The van der Waals surface area contributed by atoms with E-state index < -0.39 is 11.9 Å². The zero-order valence-electron chi connectivity index (χ0n) is 15.1. The molecule has 0 spiro atoms. The Kier molecular flexibility index (Phi) is 4.58. The van der Waals surface area contributed by atoms with Crippen molar-refractivity contribution in [2.45, 2.75) is 25.4 Å². The number of carbonyl (C=O) groups is 5. The second-order valence-corrected chi connectivity index (χ2v) is 7.28. The highest BCUT2D eigenvalue weighted by molar-refractivity contribution is 6.06. The van der Waals surface area contributed by atoms with Crippen LogP contribution in [-0.4, -0.2) is 65.4 Å². The lowest BCUT2D eigenvalue weighted by atomic mass is 10.0. The summed E-state index contributed by atoms with van der Waals surface area (Å²) in [6.45, 7) is 1.20. The summed E-state index contributed by atoms with van der Waals surface area (Å²) in [5, 5.41) is 5.36. The minimum atomic E-state index is -0.673. The predicted molar refractivity (Wildman–Crippen MR) is 97.1 cm³/mol. The van der Waals surface area contributed by atoms with Gasteiger partial charge in [0.15, 0.2) is 0 Å². The van der Waals surface area contributed by atoms with Crippen LogP contribution in [-0.2, 0) is 25.7 Å². The molecule has 1 aromatic carbocycles. The molecule has 28 heavy (non-hydrogen) atoms. The fourth-order valence-electron chi connectivity index (χ4n) is 3.84. The lowest BCUT2D eigenvalue weighted by Crippen LogP contribution is -2.52. The second-order valence-electron chi connectivity index (χ2n) is 7.28. The molecule has 2 N–H and O–H groups in total. The molecule has 0 aliphatic carbocycles. The van der Waals surface area contributed by atoms with E-state index in [0.717, 1.165) is 11.8 Å². The molecule has 3 aliphatic heterocycles. The topological polar surface area (TPSA) is 116 Å². The quantitative estimate of drug-likeness (QED) is 0.523. The van der Waals surface area contributed by atoms with E-state index in [-0.39, 0.29) is 43.1 Å². The van der Waals surface area contributed by atoms with Crippen LogP contribution < -0.4 is 10.6 Å². The maximum absolute atomic E-state index is 12.8. The number of aldehydes is 1. The van der Waals surface area contributed by atoms with E-state index in [9.17, 15) is 24.0 Å². The van der Waals surface area contributed by atoms with Crippen LogP contribution in [0, 0.1) is 5.92 Å². The van der Waals surface area contributed by atoms with Crippen molar-refractivity contribution >= 4 is 35.6 Å². The van der Waals surface area contributed by atoms with Gasteiger partial charge in [-0.1, -0.05) is 6.07 Å². The Morgan fingerprint density at radius 3 is 2.75 bits per heavy atom. The first-order valence-electron chi connectivity index (χ1n) is 9.21. The number of anilines is 1. The minimum absolute atomic E-state index is 0.0641. The highest BCUT2D eigenvalue weighted by Gasteiger charge is 2.40. The molecule has 4 rings (SSSR count). The number of fused-ring (bicyclic) bond motifs is 1. The number of benzene rings is 1. The Labute approximate surface area is 161 Å². The zero-order valence-corrected chi connectivity index (χ0v) is 15.1. The fourth-order valence-corrected chi connectivity index (χ4v) is 3.84. The molecule has 1 atom stereocenters. The third-order valence-corrected chi connectivity index (χ3v) is 5.47. The highest BCUT2D eigenvalue weighted by Crippen LogP contribution is 2.32. The van der Waals surface area contributed by atoms with Gasteiger partial charge < -0.3 is 19.9 Å². The summed E-state index contributed by atoms with van der Waals surface area (Å²) < 4.78 is 0. The van der Waals surface area contributed by atoms with Gasteiger partial charge in [-0.05, 0) is 18.6 Å². The van der Waals surface area contributed by atoms with Gasteiger partial charge in [-0.15, -0.1) is 0 Å². The Bertz CT molecular complexity index is 877. The van der Waals surface area contributed by atoms with Gasteiger partial charge in [-0.2, -0.15) is 0 Å². The number of carbonyl (C=O) groups excluding carboxylic acids is 5. The van der Waals surface area contributed by atoms with Gasteiger partial charge in [0.05, 0.1) is 6.54 Å². The van der Waals surface area contributed by atoms with Gasteiger partial charge in [0.2, 0.25) is 17.7 Å². The van der Waals surface area contributed by atoms with Crippen molar-refractivity contribution < 1.29 is 24.0 Å². The highest BCUT2D eigenvalue weighted by atomic mass is 16.2. The van der Waals surface area contributed by atoms with E-state index in [4.69, 9.17) is 0 Å². The van der Waals surface area contributed by atoms with Gasteiger partial charge in [0.25, 0.3) is 5.91 Å². The van der Waals surface area contributed by atoms with Crippen molar-refractivity contribution in [1.29, 1.82) is 0 Å². The lowest BCUT2D eigenvalue weighted by molar-refractivity contribution is -0.138. The van der Waals surface area contributed by atoms with Crippen molar-refractivity contribution in [3.63, 3.8) is 0 Å². The van der Waals surface area contributed by atoms with Crippen molar-refractivity contribution in [2.75, 3.05) is 25.0 Å². The third-order valence-electron chi connectivity index (χ3n) is 5.47. The summed E-state index contributed by atoms with van der Waals surface area (Å²) in [7, 11) is 0. The average molecular weight is 384 g/mol. The number of amides is 4. The van der Waals surface area contributed by atoms with Crippen LogP contribution in [0.15, 0.2) is 18.2 Å². The number of nitrogens with zero attached hydrogens (tertiary/aromatic N) is 2. The molecule has 9 heteroatoms. The van der Waals surface area contributed by atoms with E-state index in [0.29, 0.717) is 30.8 Å². The van der Waals surface area contributed by atoms with Crippen molar-refractivity contribution in [3.8, 4) is 0 Å². The number of imide groups is 1. The second kappa shape index (κ2) is 7.06. The first-order chi connectivity index (χ1) is 13.5. The Balaban J connectivity index is 1.44. The van der Waals surface area contributed by atoms with Crippen LogP contribution in [0.1, 0.15) is 28.8 Å². The summed E-state index contributed by atoms with van der Waals surface area (Å²) in [6.07, 6.45) is 1.36. The normalized spacial score (nSPS) is 21.9. The van der Waals surface area contributed by atoms with Gasteiger partial charge in [-0.3, -0.25) is 24.5 Å². The molecule has 3 aliphatic rings. The van der Waals surface area contributed by atoms with E-state index in [1.807, 2.05) is 0 Å². The Hall–Kier alpha value is -3.23. The summed E-state index contributed by atoms with van der Waals surface area (Å²) in [5.74, 6) is -1.22. The third kappa shape index (κ3) is 3.12. The Morgan fingerprint density at radius 2 is 2.04 bits per heavy atom. The monoisotopic (exact) mass is 384 g/mol. The number of nitrogens with one attached hydrogen (secondary N) is 2. The SMILES string of the molecule is O=CC1CN(C(=O)CNc2cccc3c2CN(C2CCC(=O)NC2=O)C3=O)C1. The summed E-state index contributed by atoms with van der Waals surface area (Å²) >= 11 is 0. The van der Waals surface area contributed by atoms with Crippen LogP contribution in [0.5, 0.6) is 0 Å². The van der Waals surface area contributed by atoms with E-state index in [1.54, 1.807) is 23.1 Å². The molecule has 0 saturated carbocycles. The van der Waals surface area contributed by atoms with E-state index in [1.165, 1.54) is 4.90 Å². The molecule has 2 saturated heterocycles. The molecule has 1 aromatic rings. The summed E-state index contributed by atoms with van der Waals surface area (Å²) in [6, 6.07) is 4.54. The van der Waals surface area contributed by atoms with Crippen molar-refractivity contribution in [1.82, 2.24) is 15.1 Å². The maximum atomic E-state index is 12.8. The maximum Gasteiger partial charge on any atom is 0.255 e. The largest absolute Gasteiger partial charge is 0.376 e. The fraction of sp³-hybridized carbons (Fsp3) is 0.421. The standard InChI is InChI=1S/C19H20N4O5/c24-10-11-7-22(8-11)17(26)6-20-14-3-1-2-12-13(14)9-23(19(12)28)15-4-5-16(25)21-18(15)27/h1-3,10-11,15,20H,4-9H2,(H,21,25,27). The predicted octanol–water partition coefficient (Wildman–Crippen LogP) is -0.483. The number of hydrogen-bond acceptors (Lipinski definition) is 6. The van der Waals surface area contributed by atoms with Gasteiger partial charge in [0.1, 0.15) is 12.3 Å². The molecule has 0 bridgehead atoms. The first kappa shape index (κ1) is 18.1. The summed E-state index contributed by atoms with van der Waals surface area (Å²) in [4.78, 5) is 62.2. The molecule has 0 radical (unpaired) electrons. The molecule has 3 heterocycles. The van der Waals surface area contributed by atoms with Gasteiger partial charge >= 0.3 is 0 Å². The van der Waals surface area contributed by atoms with Crippen LogP contribution in [0.3, 0.4) is 0 Å². The first-order valence-corrected chi connectivity index (χ1v) is 9.21. The van der Waals surface area contributed by atoms with Crippen LogP contribution in [0.25, 0.3) is 0 Å². The van der Waals surface area contributed by atoms with Crippen molar-refractivity contribution in [3.05, 3.63) is 29.3 Å². The molecule has 146 valence electrons. The van der Waals surface area contributed by atoms with E-state index >= 15 is 0 Å². The molecular formula is C19H20N4O5. The molecule has 4 amide bonds. The molecular weight excluding hydrogens is 364 g/mol. The number of hydrogen-bond donors (Lipinski definition) is 2. The van der Waals surface area contributed by atoms with Crippen molar-refractivity contribution in [2.24, 2.45) is 5.92 Å². The molecule has 0 aromatic heterocycles. The zero-order chi connectivity index (χ0) is 19.8. The lowest BCUT2D eigenvalue weighted by Gasteiger charge is -2.36. The van der Waals surface area contributed by atoms with Crippen LogP contribution >= 0.6 is 0 Å². The van der Waals surface area contributed by atoms with E-state index in [2.05, 4.69) is 10.6 Å². The van der Waals surface area contributed by atoms with Gasteiger partial charge in [0, 0.05) is 48.8 Å². The van der Waals surface area contributed by atoms with Gasteiger partial charge in [-0.25, -0.2) is 0 Å². The Morgan fingerprint density at radius 1 is 1.25 bits per heavy atom. The smallest absolute Gasteiger partial charge is 0.255 e. The number of rotatable bonds is 5. The minimum Gasteiger partial charge on any atom is -0.376 e. The van der Waals surface area contributed by atoms with Crippen LogP contribution in [0.4, 0.5) is 5.69 Å². The molecule has 2 fully saturated rings. The number of piperidine rings is 1. The summed E-state index contributed by atoms with van der Waals surface area (Å²) in [5.41, 5.74) is 1.90.